The van der Waals surface area contributed by atoms with Gasteiger partial charge in [-0.3, -0.25) is 9.69 Å². The van der Waals surface area contributed by atoms with E-state index in [1.165, 1.54) is 0 Å². The molecule has 4 rings (SSSR count). The summed E-state index contributed by atoms with van der Waals surface area (Å²) in [5.41, 5.74) is 3.96. The summed E-state index contributed by atoms with van der Waals surface area (Å²) in [6.07, 6.45) is -0.131. The fourth-order valence-corrected chi connectivity index (χ4v) is 4.46. The van der Waals surface area contributed by atoms with Gasteiger partial charge in [0, 0.05) is 43.3 Å². The van der Waals surface area contributed by atoms with E-state index >= 15 is 0 Å². The number of amides is 1. The molecular formula is C28H31ClN2O3. The fraction of sp³-hybridized carbons (Fsp3) is 0.321. The number of nitrogens with zero attached hydrogens (tertiary/aromatic N) is 2. The predicted molar refractivity (Wildman–Crippen MR) is 135 cm³/mol. The Morgan fingerprint density at radius 3 is 2.47 bits per heavy atom. The maximum Gasteiger partial charge on any atom is 0.253 e. The number of benzene rings is 3. The summed E-state index contributed by atoms with van der Waals surface area (Å²) in [6, 6.07) is 23.6. The van der Waals surface area contributed by atoms with Crippen LogP contribution in [-0.2, 0) is 11.3 Å². The Labute approximate surface area is 206 Å². The van der Waals surface area contributed by atoms with Crippen molar-refractivity contribution in [3.05, 3.63) is 100 Å². The average Bonchev–Trinajstić information content (AvgIpc) is 2.86. The second-order valence-electron chi connectivity index (χ2n) is 8.67. The van der Waals surface area contributed by atoms with Gasteiger partial charge in [-0.1, -0.05) is 53.6 Å². The molecule has 3 aromatic rings. The maximum absolute atomic E-state index is 12.9. The third kappa shape index (κ3) is 6.38. The zero-order chi connectivity index (χ0) is 23.9. The zero-order valence-electron chi connectivity index (χ0n) is 19.7. The molecule has 0 spiro atoms. The molecule has 6 heteroatoms. The minimum absolute atomic E-state index is 0.102. The Morgan fingerprint density at radius 2 is 1.74 bits per heavy atom. The number of rotatable bonds is 8. The molecule has 0 aliphatic carbocycles. The fourth-order valence-electron chi connectivity index (χ4n) is 4.25. The van der Waals surface area contributed by atoms with Crippen molar-refractivity contribution < 1.29 is 14.3 Å². The van der Waals surface area contributed by atoms with Crippen LogP contribution in [0.4, 0.5) is 0 Å². The number of methoxy groups -OCH3 is 1. The average molecular weight is 479 g/mol. The largest absolute Gasteiger partial charge is 0.497 e. The lowest BCUT2D eigenvalue weighted by molar-refractivity contribution is 0.00333. The minimum Gasteiger partial charge on any atom is -0.497 e. The Bertz CT molecular complexity index is 1110. The Morgan fingerprint density at radius 1 is 0.971 bits per heavy atom. The molecule has 0 saturated carbocycles. The molecule has 1 aliphatic heterocycles. The van der Waals surface area contributed by atoms with Crippen LogP contribution in [-0.4, -0.2) is 55.5 Å². The third-order valence-electron chi connectivity index (χ3n) is 6.15. The molecule has 1 aliphatic rings. The van der Waals surface area contributed by atoms with Crippen LogP contribution in [0, 0.1) is 6.92 Å². The lowest BCUT2D eigenvalue weighted by Crippen LogP contribution is -2.49. The molecule has 5 nitrogen and oxygen atoms in total. The van der Waals surface area contributed by atoms with Gasteiger partial charge in [-0.2, -0.15) is 0 Å². The van der Waals surface area contributed by atoms with Crippen LogP contribution in [0.1, 0.15) is 33.2 Å². The second kappa shape index (κ2) is 11.5. The molecule has 3 aromatic carbocycles. The van der Waals surface area contributed by atoms with Crippen LogP contribution in [0.5, 0.6) is 5.75 Å². The maximum atomic E-state index is 12.9. The van der Waals surface area contributed by atoms with Crippen molar-refractivity contribution >= 4 is 17.5 Å². The number of ether oxygens (including phenoxy) is 2. The minimum atomic E-state index is -0.131. The lowest BCUT2D eigenvalue weighted by atomic mass is 10.1. The van der Waals surface area contributed by atoms with Gasteiger partial charge in [0.2, 0.25) is 0 Å². The van der Waals surface area contributed by atoms with Gasteiger partial charge in [-0.15, -0.1) is 0 Å². The molecule has 1 amide bonds. The van der Waals surface area contributed by atoms with E-state index < -0.39 is 0 Å². The summed E-state index contributed by atoms with van der Waals surface area (Å²) < 4.78 is 11.8. The molecule has 34 heavy (non-hydrogen) atoms. The van der Waals surface area contributed by atoms with Crippen molar-refractivity contribution in [2.24, 2.45) is 0 Å². The first kappa shape index (κ1) is 24.3. The van der Waals surface area contributed by atoms with Crippen LogP contribution in [0.15, 0.2) is 72.8 Å². The highest BCUT2D eigenvalue weighted by Crippen LogP contribution is 2.25. The first-order chi connectivity index (χ1) is 16.5. The first-order valence-electron chi connectivity index (χ1n) is 11.6. The summed E-state index contributed by atoms with van der Waals surface area (Å²) in [7, 11) is 1.67. The van der Waals surface area contributed by atoms with E-state index in [1.807, 2.05) is 78.6 Å². The molecule has 1 heterocycles. The van der Waals surface area contributed by atoms with Gasteiger partial charge < -0.3 is 14.4 Å². The highest BCUT2D eigenvalue weighted by molar-refractivity contribution is 6.30. The molecule has 0 radical (unpaired) electrons. The lowest BCUT2D eigenvalue weighted by Gasteiger charge is -2.36. The number of halogens is 1. The van der Waals surface area contributed by atoms with Crippen molar-refractivity contribution in [2.75, 3.05) is 39.8 Å². The van der Waals surface area contributed by atoms with Crippen molar-refractivity contribution in [2.45, 2.75) is 19.6 Å². The summed E-state index contributed by atoms with van der Waals surface area (Å²) in [5, 5.41) is 0.702. The van der Waals surface area contributed by atoms with Crippen molar-refractivity contribution in [1.29, 1.82) is 0 Å². The SMILES string of the molecule is COc1cccc([C@H](CN2CCN(C(=O)c3cccc(C)c3)CC2)OCc2cccc(Cl)c2)c1. The standard InChI is InChI=1S/C28H31ClN2O3/c1-21-6-3-9-24(16-21)28(32)31-14-12-30(13-15-31)19-27(23-8-5-11-26(18-23)33-2)34-20-22-7-4-10-25(29)17-22/h3-11,16-18,27H,12-15,19-20H2,1-2H3/t27-/m0/s1. The highest BCUT2D eigenvalue weighted by atomic mass is 35.5. The van der Waals surface area contributed by atoms with E-state index in [4.69, 9.17) is 21.1 Å². The van der Waals surface area contributed by atoms with E-state index in [0.717, 1.165) is 47.6 Å². The van der Waals surface area contributed by atoms with Crippen LogP contribution in [0.3, 0.4) is 0 Å². The number of carbonyl (C=O) groups excluding carboxylic acids is 1. The zero-order valence-corrected chi connectivity index (χ0v) is 20.5. The summed E-state index contributed by atoms with van der Waals surface area (Å²) in [4.78, 5) is 17.2. The number of piperazine rings is 1. The molecular weight excluding hydrogens is 448 g/mol. The monoisotopic (exact) mass is 478 g/mol. The Kier molecular flexibility index (Phi) is 8.22. The first-order valence-corrected chi connectivity index (χ1v) is 12.0. The van der Waals surface area contributed by atoms with E-state index in [-0.39, 0.29) is 12.0 Å². The number of carbonyl (C=O) groups is 1. The molecule has 0 bridgehead atoms. The van der Waals surface area contributed by atoms with Crippen molar-refractivity contribution in [3.8, 4) is 5.75 Å². The van der Waals surface area contributed by atoms with E-state index in [1.54, 1.807) is 7.11 Å². The van der Waals surface area contributed by atoms with Crippen LogP contribution < -0.4 is 4.74 Å². The smallest absolute Gasteiger partial charge is 0.253 e. The second-order valence-corrected chi connectivity index (χ2v) is 9.10. The van der Waals surface area contributed by atoms with Crippen LogP contribution >= 0.6 is 11.6 Å². The molecule has 1 atom stereocenters. The number of hydrogen-bond donors (Lipinski definition) is 0. The quantitative estimate of drug-likeness (QED) is 0.436. The summed E-state index contributed by atoms with van der Waals surface area (Å²) >= 11 is 6.15. The van der Waals surface area contributed by atoms with Gasteiger partial charge in [-0.05, 0) is 54.4 Å². The number of hydrogen-bond acceptors (Lipinski definition) is 4. The van der Waals surface area contributed by atoms with Gasteiger partial charge in [0.15, 0.2) is 0 Å². The van der Waals surface area contributed by atoms with Crippen LogP contribution in [0.2, 0.25) is 5.02 Å². The van der Waals surface area contributed by atoms with Crippen LogP contribution in [0.25, 0.3) is 0 Å². The van der Waals surface area contributed by atoms with E-state index in [9.17, 15) is 4.79 Å². The van der Waals surface area contributed by atoms with E-state index in [2.05, 4.69) is 11.0 Å². The predicted octanol–water partition coefficient (Wildman–Crippen LogP) is 5.37. The molecule has 1 fully saturated rings. The Hall–Kier alpha value is -2.86. The Balaban J connectivity index is 1.41. The molecule has 0 unspecified atom stereocenters. The van der Waals surface area contributed by atoms with Crippen molar-refractivity contribution in [3.63, 3.8) is 0 Å². The van der Waals surface area contributed by atoms with Gasteiger partial charge in [0.05, 0.1) is 19.8 Å². The third-order valence-corrected chi connectivity index (χ3v) is 6.39. The molecule has 0 aromatic heterocycles. The normalized spacial score (nSPS) is 15.2. The summed E-state index contributed by atoms with van der Waals surface area (Å²) in [6.45, 7) is 6.22. The highest BCUT2D eigenvalue weighted by Gasteiger charge is 2.25. The molecule has 1 saturated heterocycles. The van der Waals surface area contributed by atoms with Gasteiger partial charge in [0.25, 0.3) is 5.91 Å². The van der Waals surface area contributed by atoms with E-state index in [0.29, 0.717) is 24.7 Å². The number of aryl methyl sites for hydroxylation is 1. The molecule has 178 valence electrons. The van der Waals surface area contributed by atoms with Gasteiger partial charge in [-0.25, -0.2) is 0 Å². The van der Waals surface area contributed by atoms with Gasteiger partial charge in [0.1, 0.15) is 5.75 Å². The molecule has 0 N–H and O–H groups in total. The topological polar surface area (TPSA) is 42.0 Å². The van der Waals surface area contributed by atoms with Gasteiger partial charge >= 0.3 is 0 Å². The van der Waals surface area contributed by atoms with Crippen molar-refractivity contribution in [1.82, 2.24) is 9.80 Å². The summed E-state index contributed by atoms with van der Waals surface area (Å²) in [5.74, 6) is 0.910.